The van der Waals surface area contributed by atoms with E-state index in [1.165, 1.54) is 0 Å². The number of hydrogen-bond donors (Lipinski definition) is 1. The summed E-state index contributed by atoms with van der Waals surface area (Å²) in [5, 5.41) is 6.44. The maximum Gasteiger partial charge on any atom is 1.00 e. The standard InChI is InChI=1S/C4H6N2OS.Rb/c1-2-3(7)6-4(8)5-2;/h2H,1H3,(H2,5,6,7,8);/q;+1/p-1. The van der Waals surface area contributed by atoms with Crippen molar-refractivity contribution in [2.75, 3.05) is 0 Å². The number of rotatable bonds is 0. The SMILES string of the molecule is CC1NC(=S)[N-]C1=O.[Rb+]. The number of nitrogens with zero attached hydrogens (tertiary/aromatic N) is 1. The Hall–Kier alpha value is 1.17. The number of carbonyl (C=O) groups is 1. The predicted molar refractivity (Wildman–Crippen MR) is 33.6 cm³/mol. The van der Waals surface area contributed by atoms with Gasteiger partial charge in [0.2, 0.25) is 0 Å². The maximum absolute atomic E-state index is 10.5. The largest absolute Gasteiger partial charge is 1.00 e. The van der Waals surface area contributed by atoms with Gasteiger partial charge in [0.25, 0.3) is 0 Å². The van der Waals surface area contributed by atoms with Crippen molar-refractivity contribution < 1.29 is 63.0 Å². The molecule has 44 valence electrons. The van der Waals surface area contributed by atoms with Crippen LogP contribution >= 0.6 is 12.2 Å². The minimum atomic E-state index is -0.206. The summed E-state index contributed by atoms with van der Waals surface area (Å²) in [7, 11) is 0. The van der Waals surface area contributed by atoms with E-state index in [0.717, 1.165) is 0 Å². The Morgan fingerprint density at radius 2 is 2.33 bits per heavy atom. The molecule has 1 saturated heterocycles. The Labute approximate surface area is 108 Å². The summed E-state index contributed by atoms with van der Waals surface area (Å²) in [5.41, 5.74) is 0. The van der Waals surface area contributed by atoms with Gasteiger partial charge in [-0.05, 0) is 0 Å². The predicted octanol–water partition coefficient (Wildman–Crippen LogP) is -2.83. The third kappa shape index (κ3) is 2.71. The van der Waals surface area contributed by atoms with E-state index in [0.29, 0.717) is 5.11 Å². The molecule has 0 radical (unpaired) electrons. The first-order valence-corrected chi connectivity index (χ1v) is 2.67. The molecule has 0 aromatic heterocycles. The number of amides is 1. The number of nitrogens with one attached hydrogen (secondary N) is 1. The van der Waals surface area contributed by atoms with Crippen molar-refractivity contribution in [2.24, 2.45) is 0 Å². The quantitative estimate of drug-likeness (QED) is 0.442. The second-order valence-electron chi connectivity index (χ2n) is 1.62. The van der Waals surface area contributed by atoms with Crippen molar-refractivity contribution in [3.05, 3.63) is 5.32 Å². The Morgan fingerprint density at radius 1 is 1.78 bits per heavy atom. The van der Waals surface area contributed by atoms with Crippen LogP contribution in [0.25, 0.3) is 5.32 Å². The van der Waals surface area contributed by atoms with Crippen LogP contribution in [-0.2, 0) is 4.79 Å². The molecule has 0 aliphatic carbocycles. The van der Waals surface area contributed by atoms with Crippen molar-refractivity contribution in [1.82, 2.24) is 5.32 Å². The van der Waals surface area contributed by atoms with E-state index >= 15 is 0 Å². The molecule has 1 heterocycles. The molecular formula is C4H5N2ORbS. The van der Waals surface area contributed by atoms with Crippen LogP contribution in [0.5, 0.6) is 0 Å². The molecule has 1 rings (SSSR count). The van der Waals surface area contributed by atoms with Crippen LogP contribution in [0.2, 0.25) is 0 Å². The van der Waals surface area contributed by atoms with Gasteiger partial charge in [-0.25, -0.2) is 0 Å². The molecule has 1 aliphatic heterocycles. The number of hydrogen-bond acceptors (Lipinski definition) is 2. The molecular weight excluding hydrogens is 210 g/mol. The molecule has 1 atom stereocenters. The van der Waals surface area contributed by atoms with Crippen molar-refractivity contribution in [1.29, 1.82) is 0 Å². The Bertz CT molecular complexity index is 150. The van der Waals surface area contributed by atoms with E-state index < -0.39 is 0 Å². The molecule has 1 aliphatic rings. The van der Waals surface area contributed by atoms with Crippen LogP contribution in [-0.4, -0.2) is 17.1 Å². The molecule has 0 aromatic carbocycles. The van der Waals surface area contributed by atoms with Crippen molar-refractivity contribution in [2.45, 2.75) is 13.0 Å². The first-order valence-electron chi connectivity index (χ1n) is 2.26. The summed E-state index contributed by atoms with van der Waals surface area (Å²) in [6.45, 7) is 1.73. The van der Waals surface area contributed by atoms with E-state index in [-0.39, 0.29) is 70.1 Å². The van der Waals surface area contributed by atoms with E-state index in [2.05, 4.69) is 22.9 Å². The van der Waals surface area contributed by atoms with Crippen LogP contribution in [0.3, 0.4) is 0 Å². The molecule has 3 nitrogen and oxygen atoms in total. The van der Waals surface area contributed by atoms with Gasteiger partial charge in [0, 0.05) is 11.2 Å². The monoisotopic (exact) mass is 214 g/mol. The van der Waals surface area contributed by atoms with E-state index in [4.69, 9.17) is 0 Å². The molecule has 1 N–H and O–H groups in total. The van der Waals surface area contributed by atoms with Gasteiger partial charge < -0.3 is 10.6 Å². The van der Waals surface area contributed by atoms with Gasteiger partial charge in [0.1, 0.15) is 5.91 Å². The molecule has 0 aromatic rings. The van der Waals surface area contributed by atoms with Gasteiger partial charge >= 0.3 is 58.2 Å². The van der Waals surface area contributed by atoms with Gasteiger partial charge in [-0.2, -0.15) is 0 Å². The van der Waals surface area contributed by atoms with Crippen LogP contribution < -0.4 is 63.5 Å². The average molecular weight is 215 g/mol. The zero-order valence-corrected chi connectivity index (χ0v) is 11.1. The van der Waals surface area contributed by atoms with E-state index in [1.54, 1.807) is 6.92 Å². The smallest absolute Gasteiger partial charge is 0.463 e. The van der Waals surface area contributed by atoms with Gasteiger partial charge in [-0.15, -0.1) is 0 Å². The summed E-state index contributed by atoms with van der Waals surface area (Å²) in [5.74, 6) is -0.171. The van der Waals surface area contributed by atoms with Crippen molar-refractivity contribution in [3.63, 3.8) is 0 Å². The first-order chi connectivity index (χ1) is 3.70. The molecule has 1 unspecified atom stereocenters. The fourth-order valence-electron chi connectivity index (χ4n) is 0.476. The molecule has 1 fully saturated rings. The fraction of sp³-hybridized carbons (Fsp3) is 0.500. The zero-order chi connectivity index (χ0) is 6.15. The second-order valence-corrected chi connectivity index (χ2v) is 2.01. The summed E-state index contributed by atoms with van der Waals surface area (Å²) in [6, 6.07) is -0.206. The van der Waals surface area contributed by atoms with Crippen LogP contribution in [0, 0.1) is 0 Å². The number of thiocarbonyl (C=S) groups is 1. The minimum absolute atomic E-state index is 0. The molecule has 5 heteroatoms. The average Bonchev–Trinajstić information content (AvgIpc) is 1.85. The second kappa shape index (κ2) is 4.13. The molecule has 0 spiro atoms. The van der Waals surface area contributed by atoms with Gasteiger partial charge in [0.05, 0.1) is 0 Å². The fourth-order valence-corrected chi connectivity index (χ4v) is 0.743. The van der Waals surface area contributed by atoms with E-state index in [9.17, 15) is 4.79 Å². The topological polar surface area (TPSA) is 43.2 Å². The minimum Gasteiger partial charge on any atom is -0.463 e. The third-order valence-electron chi connectivity index (χ3n) is 0.922. The maximum atomic E-state index is 10.5. The van der Waals surface area contributed by atoms with Crippen LogP contribution in [0.1, 0.15) is 6.92 Å². The zero-order valence-electron chi connectivity index (χ0n) is 5.34. The number of carbonyl (C=O) groups excluding carboxylic acids is 1. The summed E-state index contributed by atoms with van der Waals surface area (Å²) in [4.78, 5) is 10.5. The third-order valence-corrected chi connectivity index (χ3v) is 1.13. The summed E-state index contributed by atoms with van der Waals surface area (Å²) in [6.07, 6.45) is 0. The Morgan fingerprint density at radius 3 is 2.44 bits per heavy atom. The van der Waals surface area contributed by atoms with Gasteiger partial charge in [-0.1, -0.05) is 19.1 Å². The normalized spacial score (nSPS) is 24.3. The first kappa shape index (κ1) is 10.2. The van der Waals surface area contributed by atoms with Crippen LogP contribution in [0.4, 0.5) is 0 Å². The summed E-state index contributed by atoms with van der Waals surface area (Å²) < 4.78 is 0. The summed E-state index contributed by atoms with van der Waals surface area (Å²) >= 11 is 4.57. The van der Waals surface area contributed by atoms with Crippen molar-refractivity contribution >= 4 is 23.2 Å². The molecule has 0 bridgehead atoms. The Balaban J connectivity index is 0.000000640. The van der Waals surface area contributed by atoms with Gasteiger partial charge in [0.15, 0.2) is 0 Å². The van der Waals surface area contributed by atoms with Crippen molar-refractivity contribution in [3.8, 4) is 0 Å². The van der Waals surface area contributed by atoms with Gasteiger partial charge in [-0.3, -0.25) is 4.79 Å². The van der Waals surface area contributed by atoms with Crippen LogP contribution in [0.15, 0.2) is 0 Å². The van der Waals surface area contributed by atoms with E-state index in [1.807, 2.05) is 0 Å². The molecule has 9 heavy (non-hydrogen) atoms. The molecule has 1 amide bonds. The molecule has 0 saturated carbocycles. The Kier molecular flexibility index (Phi) is 4.66.